The summed E-state index contributed by atoms with van der Waals surface area (Å²) in [5, 5.41) is 0. The van der Waals surface area contributed by atoms with E-state index in [0.717, 1.165) is 0 Å². The third kappa shape index (κ3) is 1.79. The van der Waals surface area contributed by atoms with Crippen molar-refractivity contribution in [3.05, 3.63) is 0 Å². The first kappa shape index (κ1) is 12.8. The van der Waals surface area contributed by atoms with Crippen LogP contribution in [0.2, 0.25) is 0 Å². The summed E-state index contributed by atoms with van der Waals surface area (Å²) in [5.74, 6) is -2.26. The van der Waals surface area contributed by atoms with Gasteiger partial charge >= 0.3 is 0 Å². The lowest BCUT2D eigenvalue weighted by Crippen LogP contribution is -2.51. The summed E-state index contributed by atoms with van der Waals surface area (Å²) in [4.78, 5) is 0. The standard InChI is InChI=1S/C12H21NO5/c1-10(2)14-5-7-8(16-10)9-12(6-13,15-7)18-11(3,4)17-9/h7-9H,5-6,13H2,1-4H3/t7-,8+,9-,12-/m0/s1. The van der Waals surface area contributed by atoms with E-state index in [0.29, 0.717) is 6.61 Å². The maximum Gasteiger partial charge on any atom is 0.213 e. The Morgan fingerprint density at radius 3 is 2.44 bits per heavy atom. The molecule has 0 aromatic heterocycles. The van der Waals surface area contributed by atoms with Gasteiger partial charge in [0.2, 0.25) is 5.79 Å². The minimum atomic E-state index is -0.914. The summed E-state index contributed by atoms with van der Waals surface area (Å²) in [6.07, 6.45) is -0.715. The van der Waals surface area contributed by atoms with Crippen molar-refractivity contribution in [2.45, 2.75) is 63.4 Å². The number of rotatable bonds is 1. The molecule has 6 heteroatoms. The maximum atomic E-state index is 5.93. The number of fused-ring (bicyclic) bond motifs is 3. The van der Waals surface area contributed by atoms with E-state index in [9.17, 15) is 0 Å². The zero-order chi connectivity index (χ0) is 13.2. The van der Waals surface area contributed by atoms with E-state index in [1.807, 2.05) is 27.7 Å². The molecule has 0 aliphatic carbocycles. The number of hydrogen-bond acceptors (Lipinski definition) is 6. The molecule has 0 bridgehead atoms. The normalized spacial score (nSPS) is 48.8. The summed E-state index contributed by atoms with van der Waals surface area (Å²) < 4.78 is 29.2. The van der Waals surface area contributed by atoms with Gasteiger partial charge in [0.15, 0.2) is 11.6 Å². The Hall–Kier alpha value is -0.240. The smallest absolute Gasteiger partial charge is 0.213 e. The molecule has 0 unspecified atom stereocenters. The van der Waals surface area contributed by atoms with Crippen LogP contribution in [0.15, 0.2) is 0 Å². The molecule has 3 heterocycles. The maximum absolute atomic E-state index is 5.93. The van der Waals surface area contributed by atoms with E-state index < -0.39 is 17.4 Å². The molecule has 3 saturated heterocycles. The molecule has 0 aromatic carbocycles. The van der Waals surface area contributed by atoms with Crippen LogP contribution in [0.1, 0.15) is 27.7 Å². The Kier molecular flexibility index (Phi) is 2.59. The van der Waals surface area contributed by atoms with Crippen molar-refractivity contribution in [2.24, 2.45) is 5.73 Å². The zero-order valence-corrected chi connectivity index (χ0v) is 11.3. The predicted octanol–water partition coefficient (Wildman–Crippen LogP) is 0.343. The predicted molar refractivity (Wildman–Crippen MR) is 61.6 cm³/mol. The van der Waals surface area contributed by atoms with E-state index in [1.54, 1.807) is 0 Å². The topological polar surface area (TPSA) is 72.2 Å². The lowest BCUT2D eigenvalue weighted by Gasteiger charge is -2.38. The molecule has 4 atom stereocenters. The Labute approximate surface area is 107 Å². The molecular formula is C12H21NO5. The molecule has 3 rings (SSSR count). The van der Waals surface area contributed by atoms with Crippen molar-refractivity contribution in [3.63, 3.8) is 0 Å². The van der Waals surface area contributed by atoms with Crippen molar-refractivity contribution in [1.29, 1.82) is 0 Å². The van der Waals surface area contributed by atoms with Crippen molar-refractivity contribution < 1.29 is 23.7 Å². The summed E-state index contributed by atoms with van der Waals surface area (Å²) in [7, 11) is 0. The van der Waals surface area contributed by atoms with Crippen LogP contribution >= 0.6 is 0 Å². The van der Waals surface area contributed by atoms with E-state index >= 15 is 0 Å². The quantitative estimate of drug-likeness (QED) is 0.732. The van der Waals surface area contributed by atoms with Crippen LogP contribution in [0.5, 0.6) is 0 Å². The first-order valence-electron chi connectivity index (χ1n) is 6.35. The van der Waals surface area contributed by atoms with Crippen LogP contribution < -0.4 is 5.73 Å². The highest BCUT2D eigenvalue weighted by molar-refractivity contribution is 5.05. The highest BCUT2D eigenvalue weighted by Crippen LogP contribution is 2.48. The minimum Gasteiger partial charge on any atom is -0.348 e. The molecule has 0 amide bonds. The summed E-state index contributed by atoms with van der Waals surface area (Å²) in [5.41, 5.74) is 5.83. The highest BCUT2D eigenvalue weighted by Gasteiger charge is 2.66. The van der Waals surface area contributed by atoms with Gasteiger partial charge in [0.25, 0.3) is 0 Å². The van der Waals surface area contributed by atoms with E-state index in [-0.39, 0.29) is 24.9 Å². The summed E-state index contributed by atoms with van der Waals surface area (Å²) >= 11 is 0. The van der Waals surface area contributed by atoms with Gasteiger partial charge in [0, 0.05) is 0 Å². The lowest BCUT2D eigenvalue weighted by atomic mass is 10.0. The fourth-order valence-corrected chi connectivity index (χ4v) is 2.94. The van der Waals surface area contributed by atoms with E-state index in [4.69, 9.17) is 29.4 Å². The molecule has 0 saturated carbocycles. The van der Waals surface area contributed by atoms with Crippen LogP contribution in [-0.4, -0.2) is 48.8 Å². The van der Waals surface area contributed by atoms with Crippen molar-refractivity contribution >= 4 is 0 Å². The fraction of sp³-hybridized carbons (Fsp3) is 1.00. The average molecular weight is 259 g/mol. The molecule has 2 N–H and O–H groups in total. The van der Waals surface area contributed by atoms with Gasteiger partial charge in [-0.3, -0.25) is 0 Å². The van der Waals surface area contributed by atoms with Gasteiger partial charge in [-0.05, 0) is 27.7 Å². The highest BCUT2D eigenvalue weighted by atomic mass is 16.9. The molecule has 104 valence electrons. The van der Waals surface area contributed by atoms with Crippen LogP contribution in [0.4, 0.5) is 0 Å². The molecule has 3 aliphatic heterocycles. The van der Waals surface area contributed by atoms with E-state index in [1.165, 1.54) is 0 Å². The van der Waals surface area contributed by atoms with Gasteiger partial charge < -0.3 is 29.4 Å². The Morgan fingerprint density at radius 2 is 1.78 bits per heavy atom. The monoisotopic (exact) mass is 259 g/mol. The van der Waals surface area contributed by atoms with Crippen LogP contribution in [-0.2, 0) is 23.7 Å². The molecule has 0 aromatic rings. The summed E-state index contributed by atoms with van der Waals surface area (Å²) in [6, 6.07) is 0. The Bertz CT molecular complexity index is 358. The lowest BCUT2D eigenvalue weighted by molar-refractivity contribution is -0.326. The van der Waals surface area contributed by atoms with Gasteiger partial charge in [0.1, 0.15) is 18.3 Å². The third-order valence-electron chi connectivity index (χ3n) is 3.58. The molecule has 0 spiro atoms. The zero-order valence-electron chi connectivity index (χ0n) is 11.3. The van der Waals surface area contributed by atoms with Crippen LogP contribution in [0.25, 0.3) is 0 Å². The molecular weight excluding hydrogens is 238 g/mol. The Balaban J connectivity index is 1.88. The largest absolute Gasteiger partial charge is 0.348 e. The van der Waals surface area contributed by atoms with Crippen molar-refractivity contribution in [2.75, 3.05) is 13.2 Å². The SMILES string of the molecule is CC1(C)OC[C@@H]2O[C@@]3(CN)OC(C)(C)O[C@H]3[C@@H]2O1. The second kappa shape index (κ2) is 3.65. The molecule has 3 aliphatic rings. The van der Waals surface area contributed by atoms with E-state index in [2.05, 4.69) is 0 Å². The first-order valence-corrected chi connectivity index (χ1v) is 6.35. The van der Waals surface area contributed by atoms with Crippen LogP contribution in [0.3, 0.4) is 0 Å². The Morgan fingerprint density at radius 1 is 1.06 bits per heavy atom. The average Bonchev–Trinajstić information content (AvgIpc) is 2.66. The molecule has 6 nitrogen and oxygen atoms in total. The second-order valence-electron chi connectivity index (χ2n) is 6.01. The van der Waals surface area contributed by atoms with Crippen molar-refractivity contribution in [1.82, 2.24) is 0 Å². The third-order valence-corrected chi connectivity index (χ3v) is 3.58. The van der Waals surface area contributed by atoms with Gasteiger partial charge in [0.05, 0.1) is 13.2 Å². The first-order chi connectivity index (χ1) is 8.27. The number of ether oxygens (including phenoxy) is 5. The fourth-order valence-electron chi connectivity index (χ4n) is 2.94. The van der Waals surface area contributed by atoms with Crippen molar-refractivity contribution in [3.8, 4) is 0 Å². The van der Waals surface area contributed by atoms with Crippen LogP contribution in [0, 0.1) is 0 Å². The molecule has 18 heavy (non-hydrogen) atoms. The number of hydrogen-bond donors (Lipinski definition) is 1. The molecule has 3 fully saturated rings. The number of nitrogens with two attached hydrogens (primary N) is 1. The summed E-state index contributed by atoms with van der Waals surface area (Å²) in [6.45, 7) is 8.16. The molecule has 0 radical (unpaired) electrons. The second-order valence-corrected chi connectivity index (χ2v) is 6.01. The van der Waals surface area contributed by atoms with Gasteiger partial charge in [-0.1, -0.05) is 0 Å². The van der Waals surface area contributed by atoms with Gasteiger partial charge in [-0.15, -0.1) is 0 Å². The van der Waals surface area contributed by atoms with Gasteiger partial charge in [-0.2, -0.15) is 0 Å². The minimum absolute atomic E-state index is 0.192. The van der Waals surface area contributed by atoms with Gasteiger partial charge in [-0.25, -0.2) is 0 Å².